The summed E-state index contributed by atoms with van der Waals surface area (Å²) in [5, 5.41) is 2.67. The van der Waals surface area contributed by atoms with E-state index in [1.807, 2.05) is 0 Å². The fourth-order valence-electron chi connectivity index (χ4n) is 1.88. The summed E-state index contributed by atoms with van der Waals surface area (Å²) in [7, 11) is 1.49. The SMILES string of the molecule is COc1cc(C(C)=O)c(OC(C)=O)cc1CCNC(C)=O. The van der Waals surface area contributed by atoms with Crippen molar-refractivity contribution in [3.8, 4) is 11.5 Å². The Morgan fingerprint density at radius 2 is 1.76 bits per heavy atom. The Morgan fingerprint density at radius 1 is 1.10 bits per heavy atom. The van der Waals surface area contributed by atoms with Crippen LogP contribution in [0.25, 0.3) is 0 Å². The molecule has 0 atom stereocenters. The van der Waals surface area contributed by atoms with Crippen LogP contribution in [0, 0.1) is 0 Å². The van der Waals surface area contributed by atoms with E-state index in [-0.39, 0.29) is 23.0 Å². The highest BCUT2D eigenvalue weighted by Gasteiger charge is 2.16. The minimum atomic E-state index is -0.504. The molecule has 0 aliphatic carbocycles. The zero-order valence-corrected chi connectivity index (χ0v) is 12.6. The summed E-state index contributed by atoms with van der Waals surface area (Å²) >= 11 is 0. The highest BCUT2D eigenvalue weighted by Crippen LogP contribution is 2.30. The van der Waals surface area contributed by atoms with Gasteiger partial charge < -0.3 is 14.8 Å². The van der Waals surface area contributed by atoms with Gasteiger partial charge in [0.1, 0.15) is 11.5 Å². The number of nitrogens with one attached hydrogen (secondary N) is 1. The molecule has 6 heteroatoms. The highest BCUT2D eigenvalue weighted by atomic mass is 16.5. The van der Waals surface area contributed by atoms with Crippen LogP contribution in [-0.2, 0) is 16.0 Å². The fourth-order valence-corrected chi connectivity index (χ4v) is 1.88. The van der Waals surface area contributed by atoms with Crippen LogP contribution in [0.1, 0.15) is 36.7 Å². The lowest BCUT2D eigenvalue weighted by Gasteiger charge is -2.14. The van der Waals surface area contributed by atoms with E-state index < -0.39 is 5.97 Å². The van der Waals surface area contributed by atoms with Gasteiger partial charge in [-0.2, -0.15) is 0 Å². The second-order valence-corrected chi connectivity index (χ2v) is 4.54. The molecule has 0 unspecified atom stereocenters. The maximum absolute atomic E-state index is 11.6. The molecule has 1 aromatic carbocycles. The summed E-state index contributed by atoms with van der Waals surface area (Å²) < 4.78 is 10.3. The monoisotopic (exact) mass is 293 g/mol. The highest BCUT2D eigenvalue weighted by molar-refractivity contribution is 5.98. The number of amides is 1. The maximum Gasteiger partial charge on any atom is 0.308 e. The van der Waals surface area contributed by atoms with Crippen molar-refractivity contribution in [2.75, 3.05) is 13.7 Å². The summed E-state index contributed by atoms with van der Waals surface area (Å²) in [6, 6.07) is 3.14. The zero-order valence-electron chi connectivity index (χ0n) is 12.6. The largest absolute Gasteiger partial charge is 0.496 e. The number of hydrogen-bond donors (Lipinski definition) is 1. The molecule has 0 bridgehead atoms. The van der Waals surface area contributed by atoms with Gasteiger partial charge in [-0.05, 0) is 31.0 Å². The van der Waals surface area contributed by atoms with E-state index in [4.69, 9.17) is 9.47 Å². The van der Waals surface area contributed by atoms with E-state index >= 15 is 0 Å². The number of rotatable bonds is 6. The molecule has 1 amide bonds. The number of carbonyl (C=O) groups is 3. The van der Waals surface area contributed by atoms with Crippen molar-refractivity contribution in [3.63, 3.8) is 0 Å². The average Bonchev–Trinajstić information content (AvgIpc) is 2.37. The van der Waals surface area contributed by atoms with Crippen LogP contribution in [0.2, 0.25) is 0 Å². The normalized spacial score (nSPS) is 9.90. The smallest absolute Gasteiger partial charge is 0.308 e. The predicted octanol–water partition coefficient (Wildman–Crippen LogP) is 1.50. The molecule has 1 aromatic rings. The van der Waals surface area contributed by atoms with Gasteiger partial charge in [0, 0.05) is 20.4 Å². The third kappa shape index (κ3) is 4.91. The van der Waals surface area contributed by atoms with Crippen molar-refractivity contribution in [2.45, 2.75) is 27.2 Å². The fraction of sp³-hybridized carbons (Fsp3) is 0.400. The van der Waals surface area contributed by atoms with Crippen molar-refractivity contribution in [2.24, 2.45) is 0 Å². The van der Waals surface area contributed by atoms with Crippen LogP contribution in [0.4, 0.5) is 0 Å². The first kappa shape index (κ1) is 16.7. The first-order chi connectivity index (χ1) is 9.85. The van der Waals surface area contributed by atoms with Gasteiger partial charge in [0.15, 0.2) is 5.78 Å². The number of ether oxygens (including phenoxy) is 2. The molecular formula is C15H19NO5. The molecule has 0 heterocycles. The van der Waals surface area contributed by atoms with Crippen molar-refractivity contribution >= 4 is 17.7 Å². The Hall–Kier alpha value is -2.37. The zero-order chi connectivity index (χ0) is 16.0. The summed E-state index contributed by atoms with van der Waals surface area (Å²) in [6.07, 6.45) is 0.495. The quantitative estimate of drug-likeness (QED) is 0.488. The van der Waals surface area contributed by atoms with E-state index in [2.05, 4.69) is 5.32 Å². The van der Waals surface area contributed by atoms with Gasteiger partial charge in [0.25, 0.3) is 0 Å². The third-order valence-corrected chi connectivity index (χ3v) is 2.78. The number of methoxy groups -OCH3 is 1. The topological polar surface area (TPSA) is 81.7 Å². The summed E-state index contributed by atoms with van der Waals surface area (Å²) in [4.78, 5) is 33.6. The number of hydrogen-bond acceptors (Lipinski definition) is 5. The number of esters is 1. The summed E-state index contributed by atoms with van der Waals surface area (Å²) in [5.41, 5.74) is 1.03. The van der Waals surface area contributed by atoms with Gasteiger partial charge in [0.2, 0.25) is 5.91 Å². The van der Waals surface area contributed by atoms with Gasteiger partial charge in [-0.1, -0.05) is 0 Å². The van der Waals surface area contributed by atoms with Crippen LogP contribution in [0.15, 0.2) is 12.1 Å². The molecule has 0 radical (unpaired) electrons. The van der Waals surface area contributed by atoms with E-state index in [1.54, 1.807) is 12.1 Å². The Bertz CT molecular complexity index is 565. The van der Waals surface area contributed by atoms with Crippen LogP contribution < -0.4 is 14.8 Å². The molecule has 0 spiro atoms. The standard InChI is InChI=1S/C15H19NO5/c1-9(17)13-8-14(20-4)12(5-6-16-10(2)18)7-15(13)21-11(3)19/h7-8H,5-6H2,1-4H3,(H,16,18). The number of ketones is 1. The number of benzene rings is 1. The molecule has 0 aliphatic heterocycles. The van der Waals surface area contributed by atoms with E-state index in [0.29, 0.717) is 18.7 Å². The van der Waals surface area contributed by atoms with Crippen molar-refractivity contribution in [3.05, 3.63) is 23.3 Å². The number of carbonyl (C=O) groups excluding carboxylic acids is 3. The van der Waals surface area contributed by atoms with E-state index in [0.717, 1.165) is 5.56 Å². The number of Topliss-reactive ketones (excluding diaryl/α,β-unsaturated/α-hetero) is 1. The first-order valence-corrected chi connectivity index (χ1v) is 6.49. The molecule has 114 valence electrons. The van der Waals surface area contributed by atoms with Gasteiger partial charge in [-0.15, -0.1) is 0 Å². The molecule has 21 heavy (non-hydrogen) atoms. The van der Waals surface area contributed by atoms with Crippen LogP contribution >= 0.6 is 0 Å². The van der Waals surface area contributed by atoms with E-state index in [9.17, 15) is 14.4 Å². The second-order valence-electron chi connectivity index (χ2n) is 4.54. The summed E-state index contributed by atoms with van der Waals surface area (Å²) in [6.45, 7) is 4.51. The van der Waals surface area contributed by atoms with Crippen LogP contribution in [0.3, 0.4) is 0 Å². The molecular weight excluding hydrogens is 274 g/mol. The second kappa shape index (κ2) is 7.42. The van der Waals surface area contributed by atoms with Crippen LogP contribution in [-0.4, -0.2) is 31.3 Å². The molecule has 0 aromatic heterocycles. The average molecular weight is 293 g/mol. The Balaban J connectivity index is 3.13. The molecule has 1 N–H and O–H groups in total. The van der Waals surface area contributed by atoms with Gasteiger partial charge >= 0.3 is 5.97 Å². The van der Waals surface area contributed by atoms with E-state index in [1.165, 1.54) is 27.9 Å². The minimum absolute atomic E-state index is 0.130. The lowest BCUT2D eigenvalue weighted by molar-refractivity contribution is -0.131. The molecule has 6 nitrogen and oxygen atoms in total. The van der Waals surface area contributed by atoms with Gasteiger partial charge in [0.05, 0.1) is 12.7 Å². The maximum atomic E-state index is 11.6. The molecule has 1 rings (SSSR count). The van der Waals surface area contributed by atoms with Crippen molar-refractivity contribution in [1.29, 1.82) is 0 Å². The molecule has 0 aliphatic rings. The molecule has 0 saturated heterocycles. The lowest BCUT2D eigenvalue weighted by Crippen LogP contribution is -2.22. The summed E-state index contributed by atoms with van der Waals surface area (Å²) in [5.74, 6) is -0.141. The molecule has 0 saturated carbocycles. The third-order valence-electron chi connectivity index (χ3n) is 2.78. The molecule has 0 fully saturated rings. The lowest BCUT2D eigenvalue weighted by atomic mass is 10.0. The Morgan fingerprint density at radius 3 is 2.24 bits per heavy atom. The van der Waals surface area contributed by atoms with Crippen molar-refractivity contribution in [1.82, 2.24) is 5.32 Å². The predicted molar refractivity (Wildman–Crippen MR) is 76.7 cm³/mol. The van der Waals surface area contributed by atoms with Gasteiger partial charge in [-0.25, -0.2) is 0 Å². The Kier molecular flexibility index (Phi) is 5.90. The van der Waals surface area contributed by atoms with Crippen LogP contribution in [0.5, 0.6) is 11.5 Å². The first-order valence-electron chi connectivity index (χ1n) is 6.49. The Labute approximate surface area is 123 Å². The van der Waals surface area contributed by atoms with Crippen molar-refractivity contribution < 1.29 is 23.9 Å². The van der Waals surface area contributed by atoms with Gasteiger partial charge in [-0.3, -0.25) is 14.4 Å². The minimum Gasteiger partial charge on any atom is -0.496 e.